The smallest absolute Gasteiger partial charge is 0.264 e. The van der Waals surface area contributed by atoms with Crippen LogP contribution in [-0.4, -0.2) is 43.3 Å². The van der Waals surface area contributed by atoms with E-state index in [0.29, 0.717) is 17.8 Å². The zero-order valence-electron chi connectivity index (χ0n) is 12.8. The van der Waals surface area contributed by atoms with Crippen LogP contribution in [0, 0.1) is 17.3 Å². The van der Waals surface area contributed by atoms with Crippen LogP contribution in [0.15, 0.2) is 0 Å². The summed E-state index contributed by atoms with van der Waals surface area (Å²) in [5, 5.41) is 0. The number of hydrogen-bond donors (Lipinski definition) is 1. The summed E-state index contributed by atoms with van der Waals surface area (Å²) in [7, 11) is -3.79. The summed E-state index contributed by atoms with van der Waals surface area (Å²) in [5.41, 5.74) is 0.316. The molecule has 0 amide bonds. The van der Waals surface area contributed by atoms with Gasteiger partial charge in [0.05, 0.1) is 5.75 Å². The van der Waals surface area contributed by atoms with Crippen LogP contribution >= 0.6 is 0 Å². The van der Waals surface area contributed by atoms with E-state index in [1.54, 1.807) is 0 Å². The molecule has 0 aromatic carbocycles. The highest BCUT2D eigenvalue weighted by Gasteiger charge is 2.47. The maximum Gasteiger partial charge on any atom is 0.264 e. The maximum atomic E-state index is 10.8. The third kappa shape index (κ3) is 4.18. The molecule has 2 atom stereocenters. The van der Waals surface area contributed by atoms with Gasteiger partial charge in [-0.2, -0.15) is 8.42 Å². The van der Waals surface area contributed by atoms with Crippen LogP contribution in [-0.2, 0) is 10.1 Å². The molecule has 1 heterocycles. The minimum atomic E-state index is -3.79. The second-order valence-electron chi connectivity index (χ2n) is 7.24. The molecule has 0 spiro atoms. The Morgan fingerprint density at radius 2 is 1.80 bits per heavy atom. The van der Waals surface area contributed by atoms with Crippen molar-refractivity contribution in [1.82, 2.24) is 4.90 Å². The van der Waals surface area contributed by atoms with Crippen LogP contribution in [0.3, 0.4) is 0 Å². The van der Waals surface area contributed by atoms with Gasteiger partial charge in [-0.25, -0.2) is 0 Å². The van der Waals surface area contributed by atoms with Crippen molar-refractivity contribution in [2.24, 2.45) is 17.3 Å². The number of likely N-dealkylation sites (tertiary alicyclic amines) is 1. The van der Waals surface area contributed by atoms with Gasteiger partial charge in [0.2, 0.25) is 0 Å². The summed E-state index contributed by atoms with van der Waals surface area (Å²) in [6, 6.07) is 0. The van der Waals surface area contributed by atoms with Crippen molar-refractivity contribution < 1.29 is 13.0 Å². The molecule has 20 heavy (non-hydrogen) atoms. The van der Waals surface area contributed by atoms with Gasteiger partial charge in [-0.15, -0.1) is 0 Å². The summed E-state index contributed by atoms with van der Waals surface area (Å²) in [5.74, 6) is 1.27. The lowest BCUT2D eigenvalue weighted by Crippen LogP contribution is -2.50. The van der Waals surface area contributed by atoms with E-state index in [2.05, 4.69) is 18.7 Å². The molecular formula is C15H29NO3S. The Morgan fingerprint density at radius 1 is 1.15 bits per heavy atom. The number of hydrogen-bond acceptors (Lipinski definition) is 3. The Balaban J connectivity index is 1.73. The van der Waals surface area contributed by atoms with E-state index in [1.807, 2.05) is 0 Å². The number of rotatable bonds is 6. The quantitative estimate of drug-likeness (QED) is 0.767. The Labute approximate surface area is 123 Å². The number of nitrogens with zero attached hydrogens (tertiary/aromatic N) is 1. The second-order valence-corrected chi connectivity index (χ2v) is 8.81. The molecule has 5 heteroatoms. The molecule has 2 rings (SSSR count). The molecule has 1 saturated carbocycles. The fraction of sp³-hybridized carbons (Fsp3) is 1.00. The predicted molar refractivity (Wildman–Crippen MR) is 81.3 cm³/mol. The SMILES string of the molecule is CC1(C)C(CCCS(=O)(=O)O)CC1CN1CCCCC1. The summed E-state index contributed by atoms with van der Waals surface area (Å²) >= 11 is 0. The molecule has 0 radical (unpaired) electrons. The topological polar surface area (TPSA) is 57.6 Å². The van der Waals surface area contributed by atoms with Crippen LogP contribution < -0.4 is 0 Å². The molecular weight excluding hydrogens is 274 g/mol. The van der Waals surface area contributed by atoms with Crippen molar-refractivity contribution in [2.75, 3.05) is 25.4 Å². The molecule has 1 N–H and O–H groups in total. The first-order chi connectivity index (χ1) is 9.29. The Bertz CT molecular complexity index is 413. The molecule has 0 aromatic heterocycles. The van der Waals surface area contributed by atoms with Gasteiger partial charge in [-0.3, -0.25) is 4.55 Å². The average molecular weight is 303 g/mol. The molecule has 1 saturated heterocycles. The lowest BCUT2D eigenvalue weighted by Gasteiger charge is -2.54. The second kappa shape index (κ2) is 6.32. The Hall–Kier alpha value is -0.130. The normalized spacial score (nSPS) is 30.9. The fourth-order valence-corrected chi connectivity index (χ4v) is 4.42. The van der Waals surface area contributed by atoms with E-state index in [4.69, 9.17) is 4.55 Å². The van der Waals surface area contributed by atoms with Gasteiger partial charge in [0.25, 0.3) is 10.1 Å². The third-order valence-corrected chi connectivity index (χ3v) is 6.36. The van der Waals surface area contributed by atoms with E-state index >= 15 is 0 Å². The first kappa shape index (κ1) is 16.2. The standard InChI is InChI=1S/C15H29NO3S/c1-15(2)13(7-6-10-20(17,18)19)11-14(15)12-16-8-4-3-5-9-16/h13-14H,3-12H2,1-2H3,(H,17,18,19). The fourth-order valence-electron chi connectivity index (χ4n) is 3.89. The zero-order chi connectivity index (χ0) is 14.8. The average Bonchev–Trinajstić information content (AvgIpc) is 2.36. The monoisotopic (exact) mass is 303 g/mol. The van der Waals surface area contributed by atoms with E-state index in [9.17, 15) is 8.42 Å². The highest BCUT2D eigenvalue weighted by molar-refractivity contribution is 7.85. The van der Waals surface area contributed by atoms with Crippen molar-refractivity contribution in [2.45, 2.75) is 52.4 Å². The minimum Gasteiger partial charge on any atom is -0.303 e. The van der Waals surface area contributed by atoms with Crippen LogP contribution in [0.4, 0.5) is 0 Å². The highest BCUT2D eigenvalue weighted by atomic mass is 32.2. The number of piperidine rings is 1. The van der Waals surface area contributed by atoms with Crippen LogP contribution in [0.25, 0.3) is 0 Å². The lowest BCUT2D eigenvalue weighted by molar-refractivity contribution is -0.0467. The van der Waals surface area contributed by atoms with Crippen molar-refractivity contribution in [3.05, 3.63) is 0 Å². The zero-order valence-corrected chi connectivity index (χ0v) is 13.7. The van der Waals surface area contributed by atoms with Gasteiger partial charge in [0.15, 0.2) is 0 Å². The molecule has 1 aliphatic carbocycles. The maximum absolute atomic E-state index is 10.8. The molecule has 2 unspecified atom stereocenters. The molecule has 118 valence electrons. The molecule has 4 nitrogen and oxygen atoms in total. The minimum absolute atomic E-state index is 0.0869. The first-order valence-electron chi connectivity index (χ1n) is 7.96. The third-order valence-electron chi connectivity index (χ3n) is 5.56. The molecule has 1 aliphatic heterocycles. The van der Waals surface area contributed by atoms with Crippen molar-refractivity contribution >= 4 is 10.1 Å². The molecule has 0 aromatic rings. The summed E-state index contributed by atoms with van der Waals surface area (Å²) < 4.78 is 30.3. The van der Waals surface area contributed by atoms with E-state index in [0.717, 1.165) is 12.3 Å². The van der Waals surface area contributed by atoms with Gasteiger partial charge in [-0.05, 0) is 62.4 Å². The predicted octanol–water partition coefficient (Wildman–Crippen LogP) is 2.80. The summed E-state index contributed by atoms with van der Waals surface area (Å²) in [6.07, 6.45) is 6.78. The largest absolute Gasteiger partial charge is 0.303 e. The Kier molecular flexibility index (Phi) is 5.14. The van der Waals surface area contributed by atoms with Crippen molar-refractivity contribution in [1.29, 1.82) is 0 Å². The first-order valence-corrected chi connectivity index (χ1v) is 9.57. The van der Waals surface area contributed by atoms with Crippen LogP contribution in [0.1, 0.15) is 52.4 Å². The van der Waals surface area contributed by atoms with Gasteiger partial charge in [0, 0.05) is 6.54 Å². The summed E-state index contributed by atoms with van der Waals surface area (Å²) in [6.45, 7) is 8.36. The molecule has 2 aliphatic rings. The van der Waals surface area contributed by atoms with E-state index in [-0.39, 0.29) is 5.75 Å². The molecule has 0 bridgehead atoms. The highest BCUT2D eigenvalue weighted by Crippen LogP contribution is 2.53. The van der Waals surface area contributed by atoms with Crippen LogP contribution in [0.5, 0.6) is 0 Å². The van der Waals surface area contributed by atoms with Gasteiger partial charge >= 0.3 is 0 Å². The molecule has 2 fully saturated rings. The van der Waals surface area contributed by atoms with E-state index in [1.165, 1.54) is 45.3 Å². The van der Waals surface area contributed by atoms with Crippen molar-refractivity contribution in [3.63, 3.8) is 0 Å². The van der Waals surface area contributed by atoms with Gasteiger partial charge < -0.3 is 4.90 Å². The Morgan fingerprint density at radius 3 is 2.35 bits per heavy atom. The lowest BCUT2D eigenvalue weighted by atomic mass is 9.53. The van der Waals surface area contributed by atoms with Crippen molar-refractivity contribution in [3.8, 4) is 0 Å². The van der Waals surface area contributed by atoms with Crippen LogP contribution in [0.2, 0.25) is 0 Å². The summed E-state index contributed by atoms with van der Waals surface area (Å²) in [4.78, 5) is 2.60. The van der Waals surface area contributed by atoms with E-state index < -0.39 is 10.1 Å². The van der Waals surface area contributed by atoms with Gasteiger partial charge in [-0.1, -0.05) is 20.3 Å². The van der Waals surface area contributed by atoms with Gasteiger partial charge in [0.1, 0.15) is 0 Å².